The molecule has 0 saturated carbocycles. The number of aliphatic hydroxyl groups excluding tert-OH is 2. The molecule has 0 unspecified atom stereocenters. The quantitative estimate of drug-likeness (QED) is 0.884. The van der Waals surface area contributed by atoms with Gasteiger partial charge < -0.3 is 14.9 Å². The minimum absolute atomic E-state index is 0.0746. The molecule has 2 N–H and O–H groups in total. The first kappa shape index (κ1) is 17.1. The van der Waals surface area contributed by atoms with Gasteiger partial charge in [-0.15, -0.1) is 0 Å². The number of benzene rings is 2. The highest BCUT2D eigenvalue weighted by molar-refractivity contribution is 5.15. The van der Waals surface area contributed by atoms with Gasteiger partial charge in [-0.25, -0.2) is 0 Å². The van der Waals surface area contributed by atoms with Gasteiger partial charge in [-0.2, -0.15) is 0 Å². The van der Waals surface area contributed by atoms with Gasteiger partial charge >= 0.3 is 0 Å². The van der Waals surface area contributed by atoms with Crippen molar-refractivity contribution in [3.8, 4) is 0 Å². The molecule has 3 rings (SSSR count). The van der Waals surface area contributed by atoms with Crippen LogP contribution < -0.4 is 0 Å². The molecular weight excluding hydrogens is 302 g/mol. The van der Waals surface area contributed by atoms with Crippen molar-refractivity contribution in [1.82, 2.24) is 4.90 Å². The molecule has 0 bridgehead atoms. The predicted octanol–water partition coefficient (Wildman–Crippen LogP) is 2.20. The molecule has 1 fully saturated rings. The molecule has 4 atom stereocenters. The van der Waals surface area contributed by atoms with E-state index in [0.717, 1.165) is 5.56 Å². The molecule has 1 aliphatic heterocycles. The van der Waals surface area contributed by atoms with Crippen LogP contribution in [-0.2, 0) is 17.9 Å². The molecule has 0 spiro atoms. The number of aliphatic hydroxyl groups is 2. The third-order valence-corrected chi connectivity index (χ3v) is 4.72. The van der Waals surface area contributed by atoms with Crippen LogP contribution in [0.1, 0.15) is 18.1 Å². The molecule has 0 aliphatic carbocycles. The third-order valence-electron chi connectivity index (χ3n) is 4.72. The number of ether oxygens (including phenoxy) is 1. The highest BCUT2D eigenvalue weighted by Gasteiger charge is 2.40. The van der Waals surface area contributed by atoms with Crippen LogP contribution in [0.4, 0.5) is 0 Å². The van der Waals surface area contributed by atoms with Crippen LogP contribution in [0, 0.1) is 0 Å². The second kappa shape index (κ2) is 7.90. The van der Waals surface area contributed by atoms with E-state index in [1.54, 1.807) is 0 Å². The molecule has 4 nitrogen and oxygen atoms in total. The Kier molecular flexibility index (Phi) is 5.63. The van der Waals surface area contributed by atoms with Crippen molar-refractivity contribution in [2.24, 2.45) is 0 Å². The first-order valence-electron chi connectivity index (χ1n) is 8.45. The molecule has 1 saturated heterocycles. The summed E-state index contributed by atoms with van der Waals surface area (Å²) in [5.74, 6) is 0. The lowest BCUT2D eigenvalue weighted by atomic mass is 9.94. The molecule has 2 aromatic rings. The van der Waals surface area contributed by atoms with Crippen LogP contribution in [0.25, 0.3) is 0 Å². The number of hydrogen-bond acceptors (Lipinski definition) is 4. The van der Waals surface area contributed by atoms with Crippen LogP contribution in [0.2, 0.25) is 0 Å². The fraction of sp³-hybridized carbons (Fsp3) is 0.400. The zero-order valence-electron chi connectivity index (χ0n) is 14.0. The maximum Gasteiger partial charge on any atom is 0.112 e. The highest BCUT2D eigenvalue weighted by atomic mass is 16.5. The summed E-state index contributed by atoms with van der Waals surface area (Å²) in [7, 11) is 0. The number of rotatable bonds is 5. The fourth-order valence-corrected chi connectivity index (χ4v) is 3.23. The average molecular weight is 327 g/mol. The molecule has 0 aromatic heterocycles. The lowest BCUT2D eigenvalue weighted by Gasteiger charge is -2.44. The molecule has 0 radical (unpaired) electrons. The number of nitrogens with zero attached hydrogens (tertiary/aromatic N) is 1. The Morgan fingerprint density at radius 3 is 2.17 bits per heavy atom. The molecule has 24 heavy (non-hydrogen) atoms. The van der Waals surface area contributed by atoms with Crippen LogP contribution in [0.5, 0.6) is 0 Å². The lowest BCUT2D eigenvalue weighted by Crippen LogP contribution is -2.60. The van der Waals surface area contributed by atoms with Crippen LogP contribution in [0.15, 0.2) is 60.7 Å². The standard InChI is InChI=1S/C20H25NO3/c1-15-19(23)20(24-14-17-10-6-3-7-11-17)18(22)13-21(15)12-16-8-4-2-5-9-16/h2-11,15,18-20,22-23H,12-14H2,1H3/t15-,18+,19-,20-/m0/s1. The predicted molar refractivity (Wildman–Crippen MR) is 93.3 cm³/mol. The summed E-state index contributed by atoms with van der Waals surface area (Å²) in [4.78, 5) is 2.10. The Morgan fingerprint density at radius 1 is 0.958 bits per heavy atom. The van der Waals surface area contributed by atoms with E-state index in [2.05, 4.69) is 17.0 Å². The first-order valence-corrected chi connectivity index (χ1v) is 8.45. The van der Waals surface area contributed by atoms with Gasteiger partial charge in [-0.3, -0.25) is 4.90 Å². The van der Waals surface area contributed by atoms with Crippen molar-refractivity contribution in [1.29, 1.82) is 0 Å². The molecular formula is C20H25NO3. The van der Waals surface area contributed by atoms with Crippen LogP contribution >= 0.6 is 0 Å². The molecule has 2 aromatic carbocycles. The SMILES string of the molecule is C[C@H]1[C@H](O)[C@@H](OCc2ccccc2)[C@H](O)CN1Cc1ccccc1. The zero-order valence-corrected chi connectivity index (χ0v) is 14.0. The molecule has 1 heterocycles. The van der Waals surface area contributed by atoms with E-state index in [-0.39, 0.29) is 6.04 Å². The molecule has 1 aliphatic rings. The maximum absolute atomic E-state index is 10.6. The van der Waals surface area contributed by atoms with E-state index in [4.69, 9.17) is 4.74 Å². The van der Waals surface area contributed by atoms with Crippen molar-refractivity contribution in [2.45, 2.75) is 44.4 Å². The second-order valence-electron chi connectivity index (χ2n) is 6.47. The smallest absolute Gasteiger partial charge is 0.112 e. The van der Waals surface area contributed by atoms with Gasteiger partial charge in [0.1, 0.15) is 6.10 Å². The maximum atomic E-state index is 10.6. The van der Waals surface area contributed by atoms with Gasteiger partial charge in [-0.05, 0) is 18.1 Å². The molecule has 128 valence electrons. The topological polar surface area (TPSA) is 52.9 Å². The van der Waals surface area contributed by atoms with E-state index < -0.39 is 18.3 Å². The summed E-state index contributed by atoms with van der Waals surface area (Å²) in [6.07, 6.45) is -1.99. The first-order chi connectivity index (χ1) is 11.6. The van der Waals surface area contributed by atoms with Crippen molar-refractivity contribution in [2.75, 3.05) is 6.54 Å². The Labute approximate surface area is 143 Å². The molecule has 0 amide bonds. The van der Waals surface area contributed by atoms with Crippen molar-refractivity contribution in [3.63, 3.8) is 0 Å². The van der Waals surface area contributed by atoms with Crippen LogP contribution in [0.3, 0.4) is 0 Å². The van der Waals surface area contributed by atoms with Gasteiger partial charge in [0.2, 0.25) is 0 Å². The van der Waals surface area contributed by atoms with Gasteiger partial charge in [0.25, 0.3) is 0 Å². The van der Waals surface area contributed by atoms with Crippen molar-refractivity contribution >= 4 is 0 Å². The summed E-state index contributed by atoms with van der Waals surface area (Å²) in [5.41, 5.74) is 2.21. The Bertz CT molecular complexity index is 619. The van der Waals surface area contributed by atoms with E-state index in [9.17, 15) is 10.2 Å². The second-order valence-corrected chi connectivity index (χ2v) is 6.47. The number of β-amino-alcohol motifs (C(OH)–C–C–N with tert-alkyl or cyclic N) is 1. The van der Waals surface area contributed by atoms with Gasteiger partial charge in [-0.1, -0.05) is 60.7 Å². The van der Waals surface area contributed by atoms with Gasteiger partial charge in [0.05, 0.1) is 18.8 Å². The third kappa shape index (κ3) is 4.02. The monoisotopic (exact) mass is 327 g/mol. The van der Waals surface area contributed by atoms with Gasteiger partial charge in [0.15, 0.2) is 0 Å². The average Bonchev–Trinajstić information content (AvgIpc) is 2.61. The molecule has 4 heteroatoms. The van der Waals surface area contributed by atoms with Crippen molar-refractivity contribution < 1.29 is 14.9 Å². The zero-order chi connectivity index (χ0) is 16.9. The minimum Gasteiger partial charge on any atom is -0.389 e. The highest BCUT2D eigenvalue weighted by Crippen LogP contribution is 2.24. The van der Waals surface area contributed by atoms with Crippen LogP contribution in [-0.4, -0.2) is 46.0 Å². The summed E-state index contributed by atoms with van der Waals surface area (Å²) in [5, 5.41) is 21.1. The largest absolute Gasteiger partial charge is 0.389 e. The minimum atomic E-state index is -0.721. The van der Waals surface area contributed by atoms with E-state index in [0.29, 0.717) is 19.7 Å². The summed E-state index contributed by atoms with van der Waals surface area (Å²) in [6.45, 7) is 3.58. The number of piperidine rings is 1. The van der Waals surface area contributed by atoms with Gasteiger partial charge in [0, 0.05) is 19.1 Å². The van der Waals surface area contributed by atoms with E-state index in [1.165, 1.54) is 5.56 Å². The Balaban J connectivity index is 1.61. The Morgan fingerprint density at radius 2 is 1.54 bits per heavy atom. The number of likely N-dealkylation sites (tertiary alicyclic amines) is 1. The lowest BCUT2D eigenvalue weighted by molar-refractivity contribution is -0.164. The number of hydrogen-bond donors (Lipinski definition) is 2. The summed E-state index contributed by atoms with van der Waals surface area (Å²) < 4.78 is 5.84. The van der Waals surface area contributed by atoms with E-state index >= 15 is 0 Å². The van der Waals surface area contributed by atoms with E-state index in [1.807, 2.05) is 55.5 Å². The Hall–Kier alpha value is -1.72. The normalized spacial score (nSPS) is 28.0. The summed E-state index contributed by atoms with van der Waals surface area (Å²) in [6, 6.07) is 19.9. The van der Waals surface area contributed by atoms with Crippen molar-refractivity contribution in [3.05, 3.63) is 71.8 Å². The summed E-state index contributed by atoms with van der Waals surface area (Å²) >= 11 is 0. The fourth-order valence-electron chi connectivity index (χ4n) is 3.23.